The summed E-state index contributed by atoms with van der Waals surface area (Å²) in [5.41, 5.74) is 3.51. The standard InChI is InChI=1S/C17H12N4S/c18-10-13-6-8-14(9-7-13)11-19-21-12-16(20-17(21)22)15-4-2-1-3-5-15/h1-9,11-12H,(H,20,22)/b19-11+. The van der Waals surface area contributed by atoms with Crippen LogP contribution in [0.25, 0.3) is 11.3 Å². The Morgan fingerprint density at radius 1 is 1.09 bits per heavy atom. The van der Waals surface area contributed by atoms with Gasteiger partial charge >= 0.3 is 0 Å². The summed E-state index contributed by atoms with van der Waals surface area (Å²) in [5, 5.41) is 13.1. The first kappa shape index (κ1) is 14.0. The molecule has 22 heavy (non-hydrogen) atoms. The van der Waals surface area contributed by atoms with Gasteiger partial charge in [0.15, 0.2) is 4.77 Å². The lowest BCUT2D eigenvalue weighted by atomic mass is 10.2. The van der Waals surface area contributed by atoms with Crippen molar-refractivity contribution in [1.82, 2.24) is 9.66 Å². The Labute approximate surface area is 133 Å². The molecule has 5 heteroatoms. The van der Waals surface area contributed by atoms with Gasteiger partial charge in [-0.1, -0.05) is 42.5 Å². The van der Waals surface area contributed by atoms with Crippen molar-refractivity contribution < 1.29 is 0 Å². The highest BCUT2D eigenvalue weighted by atomic mass is 32.1. The number of nitrogens with zero attached hydrogens (tertiary/aromatic N) is 3. The summed E-state index contributed by atoms with van der Waals surface area (Å²) in [4.78, 5) is 3.14. The van der Waals surface area contributed by atoms with Crippen LogP contribution in [0.2, 0.25) is 0 Å². The number of nitrogens with one attached hydrogen (secondary N) is 1. The molecular weight excluding hydrogens is 292 g/mol. The molecule has 0 aliphatic carbocycles. The topological polar surface area (TPSA) is 56.9 Å². The van der Waals surface area contributed by atoms with Crippen molar-refractivity contribution in [3.05, 3.63) is 76.7 Å². The maximum atomic E-state index is 8.78. The molecule has 1 aromatic heterocycles. The number of benzene rings is 2. The molecule has 0 bridgehead atoms. The number of H-pyrrole nitrogens is 1. The van der Waals surface area contributed by atoms with Crippen LogP contribution >= 0.6 is 12.2 Å². The van der Waals surface area contributed by atoms with Gasteiger partial charge in [-0.15, -0.1) is 0 Å². The highest BCUT2D eigenvalue weighted by Crippen LogP contribution is 2.16. The number of hydrogen-bond donors (Lipinski definition) is 1. The molecule has 0 unspecified atom stereocenters. The van der Waals surface area contributed by atoms with Crippen molar-refractivity contribution in [2.24, 2.45) is 5.10 Å². The number of hydrogen-bond acceptors (Lipinski definition) is 3. The van der Waals surface area contributed by atoms with Crippen LogP contribution in [0, 0.1) is 16.1 Å². The number of aromatic nitrogens is 2. The summed E-state index contributed by atoms with van der Waals surface area (Å²) in [6.07, 6.45) is 3.57. The van der Waals surface area contributed by atoms with Crippen LogP contribution < -0.4 is 0 Å². The highest BCUT2D eigenvalue weighted by Gasteiger charge is 2.01. The highest BCUT2D eigenvalue weighted by molar-refractivity contribution is 7.71. The Kier molecular flexibility index (Phi) is 3.95. The average molecular weight is 304 g/mol. The van der Waals surface area contributed by atoms with Gasteiger partial charge in [-0.2, -0.15) is 10.4 Å². The second-order valence-corrected chi connectivity index (χ2v) is 5.05. The van der Waals surface area contributed by atoms with E-state index in [-0.39, 0.29) is 0 Å². The van der Waals surface area contributed by atoms with Crippen LogP contribution in [0.4, 0.5) is 0 Å². The Morgan fingerprint density at radius 2 is 1.82 bits per heavy atom. The van der Waals surface area contributed by atoms with Crippen LogP contribution in [0.5, 0.6) is 0 Å². The van der Waals surface area contributed by atoms with Crippen LogP contribution in [-0.4, -0.2) is 15.9 Å². The van der Waals surface area contributed by atoms with Gasteiger partial charge in [-0.05, 0) is 35.5 Å². The smallest absolute Gasteiger partial charge is 0.198 e. The first-order chi connectivity index (χ1) is 10.8. The Bertz CT molecular complexity index is 896. The molecule has 3 rings (SSSR count). The Hall–Kier alpha value is -2.97. The lowest BCUT2D eigenvalue weighted by Gasteiger charge is -1.95. The molecule has 0 saturated heterocycles. The summed E-state index contributed by atoms with van der Waals surface area (Å²) in [6.45, 7) is 0. The summed E-state index contributed by atoms with van der Waals surface area (Å²) >= 11 is 5.28. The van der Waals surface area contributed by atoms with E-state index in [0.29, 0.717) is 10.3 Å². The quantitative estimate of drug-likeness (QED) is 0.588. The lowest BCUT2D eigenvalue weighted by molar-refractivity contribution is 0.864. The van der Waals surface area contributed by atoms with E-state index in [4.69, 9.17) is 17.5 Å². The van der Waals surface area contributed by atoms with Gasteiger partial charge in [0.05, 0.1) is 29.7 Å². The van der Waals surface area contributed by atoms with Crippen molar-refractivity contribution in [3.63, 3.8) is 0 Å². The predicted molar refractivity (Wildman–Crippen MR) is 89.2 cm³/mol. The summed E-state index contributed by atoms with van der Waals surface area (Å²) in [7, 11) is 0. The zero-order valence-electron chi connectivity index (χ0n) is 11.6. The molecule has 0 atom stereocenters. The molecule has 0 fully saturated rings. The third-order valence-corrected chi connectivity index (χ3v) is 3.45. The largest absolute Gasteiger partial charge is 0.329 e. The molecule has 0 radical (unpaired) electrons. The monoisotopic (exact) mass is 304 g/mol. The van der Waals surface area contributed by atoms with E-state index in [1.807, 2.05) is 48.7 Å². The fraction of sp³-hybridized carbons (Fsp3) is 0. The maximum Gasteiger partial charge on any atom is 0.198 e. The molecule has 1 heterocycles. The molecule has 106 valence electrons. The zero-order valence-corrected chi connectivity index (χ0v) is 12.4. The fourth-order valence-corrected chi connectivity index (χ4v) is 2.22. The first-order valence-corrected chi connectivity index (χ1v) is 7.09. The minimum Gasteiger partial charge on any atom is -0.329 e. The van der Waals surface area contributed by atoms with Crippen molar-refractivity contribution in [2.75, 3.05) is 0 Å². The van der Waals surface area contributed by atoms with Crippen LogP contribution in [0.3, 0.4) is 0 Å². The summed E-state index contributed by atoms with van der Waals surface area (Å²) in [6, 6.07) is 19.2. The van der Waals surface area contributed by atoms with Gasteiger partial charge in [0.1, 0.15) is 0 Å². The number of imidazole rings is 1. The van der Waals surface area contributed by atoms with E-state index in [1.165, 1.54) is 0 Å². The summed E-state index contributed by atoms with van der Waals surface area (Å²) < 4.78 is 2.15. The molecule has 4 nitrogen and oxygen atoms in total. The van der Waals surface area contributed by atoms with Crippen LogP contribution in [-0.2, 0) is 0 Å². The van der Waals surface area contributed by atoms with Crippen molar-refractivity contribution in [3.8, 4) is 17.3 Å². The molecule has 3 aromatic rings. The predicted octanol–water partition coefficient (Wildman–Crippen LogP) is 3.97. The van der Waals surface area contributed by atoms with Gasteiger partial charge in [0, 0.05) is 0 Å². The summed E-state index contributed by atoms with van der Waals surface area (Å²) in [5.74, 6) is 0. The molecule has 0 amide bonds. The van der Waals surface area contributed by atoms with E-state index >= 15 is 0 Å². The average Bonchev–Trinajstić information content (AvgIpc) is 2.95. The Morgan fingerprint density at radius 3 is 2.50 bits per heavy atom. The molecular formula is C17H12N4S. The van der Waals surface area contributed by atoms with E-state index in [2.05, 4.69) is 16.2 Å². The van der Waals surface area contributed by atoms with E-state index in [1.54, 1.807) is 23.0 Å². The normalized spacial score (nSPS) is 10.7. The van der Waals surface area contributed by atoms with E-state index in [9.17, 15) is 0 Å². The van der Waals surface area contributed by atoms with E-state index < -0.39 is 0 Å². The number of aromatic amines is 1. The van der Waals surface area contributed by atoms with Crippen molar-refractivity contribution in [1.29, 1.82) is 5.26 Å². The van der Waals surface area contributed by atoms with Crippen molar-refractivity contribution >= 4 is 18.4 Å². The third kappa shape index (κ3) is 3.03. The van der Waals surface area contributed by atoms with Gasteiger partial charge in [-0.25, -0.2) is 4.68 Å². The second-order valence-electron chi connectivity index (χ2n) is 4.66. The van der Waals surface area contributed by atoms with E-state index in [0.717, 1.165) is 16.8 Å². The molecule has 2 aromatic carbocycles. The SMILES string of the molecule is N#Cc1ccc(/C=N/n2cc(-c3ccccc3)[nH]c2=S)cc1. The number of nitriles is 1. The molecule has 0 aliphatic heterocycles. The number of rotatable bonds is 3. The molecule has 0 spiro atoms. The van der Waals surface area contributed by atoms with Gasteiger partial charge < -0.3 is 4.98 Å². The van der Waals surface area contributed by atoms with Gasteiger partial charge in [0.25, 0.3) is 0 Å². The second kappa shape index (κ2) is 6.20. The van der Waals surface area contributed by atoms with Crippen molar-refractivity contribution in [2.45, 2.75) is 0 Å². The first-order valence-electron chi connectivity index (χ1n) is 6.68. The zero-order chi connectivity index (χ0) is 15.4. The van der Waals surface area contributed by atoms with Crippen LogP contribution in [0.15, 0.2) is 65.9 Å². The lowest BCUT2D eigenvalue weighted by Crippen LogP contribution is -1.89. The molecule has 0 saturated carbocycles. The fourth-order valence-electron chi connectivity index (χ4n) is 2.01. The Balaban J connectivity index is 1.86. The molecule has 1 N–H and O–H groups in total. The molecule has 0 aliphatic rings. The minimum absolute atomic E-state index is 0.531. The van der Waals surface area contributed by atoms with Crippen LogP contribution in [0.1, 0.15) is 11.1 Å². The maximum absolute atomic E-state index is 8.78. The van der Waals surface area contributed by atoms with Gasteiger partial charge in [0.2, 0.25) is 0 Å². The van der Waals surface area contributed by atoms with Gasteiger partial charge in [-0.3, -0.25) is 0 Å². The third-order valence-electron chi connectivity index (χ3n) is 3.16. The minimum atomic E-state index is 0.531.